The summed E-state index contributed by atoms with van der Waals surface area (Å²) in [6.45, 7) is 8.71. The van der Waals surface area contributed by atoms with Crippen LogP contribution in [0.2, 0.25) is 0 Å². The molecule has 1 rings (SSSR count). The van der Waals surface area contributed by atoms with Crippen LogP contribution in [0.25, 0.3) is 0 Å². The van der Waals surface area contributed by atoms with E-state index in [-0.39, 0.29) is 0 Å². The highest BCUT2D eigenvalue weighted by Gasteiger charge is 1.79. The van der Waals surface area contributed by atoms with E-state index < -0.39 is 0 Å². The van der Waals surface area contributed by atoms with Crippen LogP contribution in [0, 0.1) is 0 Å². The lowest BCUT2D eigenvalue weighted by molar-refractivity contribution is 0.731. The minimum Gasteiger partial charge on any atom is -0.310 e. The molecule has 9 heavy (non-hydrogen) atoms. The quantitative estimate of drug-likeness (QED) is 0.517. The summed E-state index contributed by atoms with van der Waals surface area (Å²) < 4.78 is 0. The lowest BCUT2D eigenvalue weighted by Crippen LogP contribution is -2.22. The van der Waals surface area contributed by atoms with Crippen LogP contribution in [-0.4, -0.2) is 13.0 Å². The van der Waals surface area contributed by atoms with Gasteiger partial charge in [0.2, 0.25) is 0 Å². The van der Waals surface area contributed by atoms with Crippen LogP contribution in [0.4, 0.5) is 0 Å². The summed E-state index contributed by atoms with van der Waals surface area (Å²) in [4.78, 5) is 3.74. The monoisotopic (exact) mass is 131 g/mol. The molecule has 0 saturated carbocycles. The number of hydrogen-bond acceptors (Lipinski definition) is 3. The van der Waals surface area contributed by atoms with Crippen molar-refractivity contribution in [2.24, 2.45) is 4.99 Å². The maximum atomic E-state index is 3.74. The molecule has 0 bridgehead atoms. The molecule has 0 radical (unpaired) electrons. The molecule has 1 aliphatic rings. The largest absolute Gasteiger partial charge is 0.310 e. The van der Waals surface area contributed by atoms with Crippen molar-refractivity contribution in [2.75, 3.05) is 6.67 Å². The van der Waals surface area contributed by atoms with Crippen LogP contribution in [0.1, 0.15) is 27.7 Å². The van der Waals surface area contributed by atoms with Gasteiger partial charge >= 0.3 is 0 Å². The molecule has 3 nitrogen and oxygen atoms in total. The molecule has 0 unspecified atom stereocenters. The molecule has 0 saturated heterocycles. The van der Waals surface area contributed by atoms with Gasteiger partial charge in [-0.15, -0.1) is 0 Å². The fourth-order valence-electron chi connectivity index (χ4n) is 0.228. The number of rotatable bonds is 0. The van der Waals surface area contributed by atoms with Gasteiger partial charge in [0.05, 0.1) is 6.34 Å². The van der Waals surface area contributed by atoms with E-state index in [0.717, 1.165) is 0 Å². The molecule has 0 spiro atoms. The standard InChI is InChI=1S/C2H5N3.2C2H6/c1-3-2-5-4-1;2*1-2/h1,5H,2H2,(H,3,4);2*1-2H3. The normalized spacial score (nSPS) is 12.0. The first-order valence-electron chi connectivity index (χ1n) is 3.47. The van der Waals surface area contributed by atoms with Crippen LogP contribution in [0.3, 0.4) is 0 Å². The van der Waals surface area contributed by atoms with E-state index in [0.29, 0.717) is 6.67 Å². The minimum absolute atomic E-state index is 0.708. The molecule has 1 heterocycles. The Balaban J connectivity index is 0. The topological polar surface area (TPSA) is 36.4 Å². The van der Waals surface area contributed by atoms with Crippen molar-refractivity contribution in [1.29, 1.82) is 0 Å². The second kappa shape index (κ2) is 15.7. The third kappa shape index (κ3) is 11.2. The van der Waals surface area contributed by atoms with Gasteiger partial charge in [0, 0.05) is 0 Å². The maximum Gasteiger partial charge on any atom is 0.107 e. The van der Waals surface area contributed by atoms with E-state index in [1.165, 1.54) is 0 Å². The lowest BCUT2D eigenvalue weighted by Gasteiger charge is -1.80. The maximum absolute atomic E-state index is 3.74. The van der Waals surface area contributed by atoms with E-state index in [9.17, 15) is 0 Å². The molecule has 56 valence electrons. The summed E-state index contributed by atoms with van der Waals surface area (Å²) in [5.41, 5.74) is 5.43. The molecule has 2 N–H and O–H groups in total. The highest BCUT2D eigenvalue weighted by atomic mass is 15.4. The van der Waals surface area contributed by atoms with Gasteiger partial charge in [0.15, 0.2) is 0 Å². The predicted octanol–water partition coefficient (Wildman–Crippen LogP) is 1.13. The minimum atomic E-state index is 0.708. The molecule has 0 aliphatic carbocycles. The summed E-state index contributed by atoms with van der Waals surface area (Å²) in [6.07, 6.45) is 1.62. The van der Waals surface area contributed by atoms with Gasteiger partial charge in [-0.05, 0) is 0 Å². The summed E-state index contributed by atoms with van der Waals surface area (Å²) in [7, 11) is 0. The Hall–Kier alpha value is -0.570. The molecule has 0 atom stereocenters. The molecule has 1 aliphatic heterocycles. The highest BCUT2D eigenvalue weighted by molar-refractivity contribution is 5.54. The smallest absolute Gasteiger partial charge is 0.107 e. The Morgan fingerprint density at radius 2 is 1.78 bits per heavy atom. The zero-order valence-corrected chi connectivity index (χ0v) is 6.73. The molecule has 0 aromatic heterocycles. The Morgan fingerprint density at radius 3 is 1.89 bits per heavy atom. The summed E-state index contributed by atoms with van der Waals surface area (Å²) >= 11 is 0. The van der Waals surface area contributed by atoms with Crippen LogP contribution in [-0.2, 0) is 0 Å². The van der Waals surface area contributed by atoms with Gasteiger partial charge in [0.25, 0.3) is 0 Å². The molecule has 3 heteroatoms. The number of hydrazine groups is 1. The average molecular weight is 131 g/mol. The van der Waals surface area contributed by atoms with Crippen molar-refractivity contribution in [2.45, 2.75) is 27.7 Å². The zero-order chi connectivity index (χ0) is 7.54. The third-order valence-electron chi connectivity index (χ3n) is 0.428. The van der Waals surface area contributed by atoms with Crippen LogP contribution in [0.5, 0.6) is 0 Å². The van der Waals surface area contributed by atoms with Gasteiger partial charge in [-0.3, -0.25) is 4.99 Å². The SMILES string of the molecule is C1=NCNN1.CC.CC. The van der Waals surface area contributed by atoms with E-state index >= 15 is 0 Å². The van der Waals surface area contributed by atoms with Crippen molar-refractivity contribution in [3.63, 3.8) is 0 Å². The highest BCUT2D eigenvalue weighted by Crippen LogP contribution is 1.59. The Bertz CT molecular complexity index is 46.3. The Labute approximate surface area is 57.5 Å². The molecule has 0 amide bonds. The first-order chi connectivity index (χ1) is 4.50. The molecule has 0 fully saturated rings. The van der Waals surface area contributed by atoms with Crippen LogP contribution >= 0.6 is 0 Å². The van der Waals surface area contributed by atoms with E-state index in [1.807, 2.05) is 27.7 Å². The molecule has 0 aromatic rings. The fourth-order valence-corrected chi connectivity index (χ4v) is 0.228. The number of aliphatic imine (C=N–C) groups is 1. The van der Waals surface area contributed by atoms with Crippen molar-refractivity contribution in [1.82, 2.24) is 10.9 Å². The number of nitrogens with one attached hydrogen (secondary N) is 2. The molecule has 0 aromatic carbocycles. The second-order valence-corrected chi connectivity index (χ2v) is 0.791. The van der Waals surface area contributed by atoms with Gasteiger partial charge in [-0.2, -0.15) is 0 Å². The van der Waals surface area contributed by atoms with Crippen molar-refractivity contribution < 1.29 is 0 Å². The van der Waals surface area contributed by atoms with Crippen molar-refractivity contribution in [3.8, 4) is 0 Å². The predicted molar refractivity (Wildman–Crippen MR) is 42.3 cm³/mol. The summed E-state index contributed by atoms with van der Waals surface area (Å²) in [6, 6.07) is 0. The first-order valence-corrected chi connectivity index (χ1v) is 3.47. The molecular formula is C6H17N3. The summed E-state index contributed by atoms with van der Waals surface area (Å²) in [5, 5.41) is 0. The van der Waals surface area contributed by atoms with E-state index in [2.05, 4.69) is 15.8 Å². The lowest BCUT2D eigenvalue weighted by atomic mass is 11.0. The van der Waals surface area contributed by atoms with E-state index in [1.54, 1.807) is 6.34 Å². The zero-order valence-electron chi connectivity index (χ0n) is 6.73. The Morgan fingerprint density at radius 1 is 1.22 bits per heavy atom. The average Bonchev–Trinajstić information content (AvgIpc) is 2.51. The van der Waals surface area contributed by atoms with E-state index in [4.69, 9.17) is 0 Å². The Kier molecular flexibility index (Phi) is 19.6. The van der Waals surface area contributed by atoms with Crippen LogP contribution < -0.4 is 10.9 Å². The number of hydrogen-bond donors (Lipinski definition) is 2. The molecular weight excluding hydrogens is 114 g/mol. The third-order valence-corrected chi connectivity index (χ3v) is 0.428. The van der Waals surface area contributed by atoms with Crippen LogP contribution in [0.15, 0.2) is 4.99 Å². The summed E-state index contributed by atoms with van der Waals surface area (Å²) in [5.74, 6) is 0. The van der Waals surface area contributed by atoms with Gasteiger partial charge in [0.1, 0.15) is 6.67 Å². The van der Waals surface area contributed by atoms with Gasteiger partial charge in [-0.25, -0.2) is 5.43 Å². The number of nitrogens with zero attached hydrogens (tertiary/aromatic N) is 1. The van der Waals surface area contributed by atoms with Gasteiger partial charge in [-0.1, -0.05) is 27.7 Å². The van der Waals surface area contributed by atoms with Crippen molar-refractivity contribution >= 4 is 6.34 Å². The van der Waals surface area contributed by atoms with Crippen molar-refractivity contribution in [3.05, 3.63) is 0 Å². The fraction of sp³-hybridized carbons (Fsp3) is 0.833. The van der Waals surface area contributed by atoms with Gasteiger partial charge < -0.3 is 5.43 Å². The second-order valence-electron chi connectivity index (χ2n) is 0.791. The first kappa shape index (κ1) is 11.3.